The molecule has 3 heterocycles. The largest absolute Gasteiger partial charge is 0.378 e. The van der Waals surface area contributed by atoms with E-state index in [9.17, 15) is 0 Å². The molecule has 0 aliphatic carbocycles. The summed E-state index contributed by atoms with van der Waals surface area (Å²) in [7, 11) is 0. The highest BCUT2D eigenvalue weighted by Gasteiger charge is 2.26. The van der Waals surface area contributed by atoms with E-state index in [1.54, 1.807) is 6.33 Å². The van der Waals surface area contributed by atoms with Crippen molar-refractivity contribution in [2.45, 2.75) is 25.9 Å². The number of halogens is 1. The molecule has 2 unspecified atom stereocenters. The van der Waals surface area contributed by atoms with E-state index in [-0.39, 0.29) is 5.28 Å². The van der Waals surface area contributed by atoms with Gasteiger partial charge in [0.25, 0.3) is 0 Å². The maximum Gasteiger partial charge on any atom is 0.226 e. The number of fused-ring (bicyclic) bond motifs is 1. The van der Waals surface area contributed by atoms with E-state index in [1.807, 2.05) is 0 Å². The number of aromatic amines is 1. The Labute approximate surface area is 115 Å². The van der Waals surface area contributed by atoms with Crippen LogP contribution in [0, 0.1) is 5.92 Å². The number of ether oxygens (including phenoxy) is 1. The summed E-state index contributed by atoms with van der Waals surface area (Å²) in [6.45, 7) is 3.81. The average Bonchev–Trinajstić information content (AvgIpc) is 3.03. The highest BCUT2D eigenvalue weighted by Crippen LogP contribution is 2.25. The van der Waals surface area contributed by atoms with Crippen molar-refractivity contribution in [3.8, 4) is 0 Å². The third kappa shape index (κ3) is 2.50. The summed E-state index contributed by atoms with van der Waals surface area (Å²) >= 11 is 5.89. The fourth-order valence-electron chi connectivity index (χ4n) is 2.54. The minimum absolute atomic E-state index is 0.205. The third-order valence-electron chi connectivity index (χ3n) is 3.54. The maximum absolute atomic E-state index is 5.89. The van der Waals surface area contributed by atoms with Crippen LogP contribution in [0.4, 0.5) is 5.82 Å². The smallest absolute Gasteiger partial charge is 0.226 e. The number of aromatic nitrogens is 4. The van der Waals surface area contributed by atoms with Crippen molar-refractivity contribution in [3.63, 3.8) is 0 Å². The zero-order valence-corrected chi connectivity index (χ0v) is 11.4. The first-order chi connectivity index (χ1) is 9.28. The molecule has 1 saturated heterocycles. The minimum atomic E-state index is 0.205. The van der Waals surface area contributed by atoms with Gasteiger partial charge >= 0.3 is 0 Å². The van der Waals surface area contributed by atoms with Crippen molar-refractivity contribution in [2.24, 2.45) is 5.92 Å². The fourth-order valence-corrected chi connectivity index (χ4v) is 2.70. The molecule has 7 heteroatoms. The van der Waals surface area contributed by atoms with E-state index >= 15 is 0 Å². The van der Waals surface area contributed by atoms with Crippen molar-refractivity contribution in [1.82, 2.24) is 19.9 Å². The van der Waals surface area contributed by atoms with Gasteiger partial charge in [-0.3, -0.25) is 0 Å². The second-order valence-electron chi connectivity index (χ2n) is 4.69. The van der Waals surface area contributed by atoms with Crippen molar-refractivity contribution in [1.29, 1.82) is 0 Å². The second kappa shape index (κ2) is 5.30. The van der Waals surface area contributed by atoms with Gasteiger partial charge in [0.05, 0.1) is 12.4 Å². The van der Waals surface area contributed by atoms with Crippen LogP contribution in [0.5, 0.6) is 0 Å². The molecule has 1 fully saturated rings. The molecule has 19 heavy (non-hydrogen) atoms. The van der Waals surface area contributed by atoms with Gasteiger partial charge in [0.2, 0.25) is 5.28 Å². The molecule has 0 amide bonds. The molecule has 6 nitrogen and oxygen atoms in total. The Kier molecular flexibility index (Phi) is 3.52. The van der Waals surface area contributed by atoms with Gasteiger partial charge < -0.3 is 15.0 Å². The van der Waals surface area contributed by atoms with Gasteiger partial charge in [-0.25, -0.2) is 4.98 Å². The topological polar surface area (TPSA) is 75.7 Å². The van der Waals surface area contributed by atoms with E-state index in [0.717, 1.165) is 31.5 Å². The number of H-pyrrole nitrogens is 1. The van der Waals surface area contributed by atoms with Gasteiger partial charge in [-0.2, -0.15) is 9.97 Å². The zero-order valence-electron chi connectivity index (χ0n) is 10.7. The standard InChI is InChI=1S/C12H16ClN5O/c1-2-8-7(3-4-19-8)5-14-10-9-11(16-6-15-9)18-12(13)17-10/h6-8H,2-5H2,1H3,(H2,14,15,16,17,18). The molecule has 1 aliphatic heterocycles. The molecule has 0 radical (unpaired) electrons. The molecule has 1 aliphatic rings. The summed E-state index contributed by atoms with van der Waals surface area (Å²) in [6, 6.07) is 0. The molecule has 2 aromatic heterocycles. The number of nitrogens with one attached hydrogen (secondary N) is 2. The molecule has 0 saturated carbocycles. The van der Waals surface area contributed by atoms with Crippen molar-refractivity contribution >= 4 is 28.6 Å². The number of hydrogen-bond acceptors (Lipinski definition) is 5. The lowest BCUT2D eigenvalue weighted by atomic mass is 10.00. The average molecular weight is 282 g/mol. The summed E-state index contributed by atoms with van der Waals surface area (Å²) in [5, 5.41) is 3.54. The molecular weight excluding hydrogens is 266 g/mol. The third-order valence-corrected chi connectivity index (χ3v) is 3.71. The molecule has 0 spiro atoms. The van der Waals surface area contributed by atoms with Gasteiger partial charge in [0, 0.05) is 19.1 Å². The van der Waals surface area contributed by atoms with Gasteiger partial charge in [-0.1, -0.05) is 6.92 Å². The summed E-state index contributed by atoms with van der Waals surface area (Å²) in [5.41, 5.74) is 1.37. The lowest BCUT2D eigenvalue weighted by Gasteiger charge is -2.17. The van der Waals surface area contributed by atoms with Crippen LogP contribution in [0.15, 0.2) is 6.33 Å². The van der Waals surface area contributed by atoms with E-state index in [4.69, 9.17) is 16.3 Å². The molecule has 3 rings (SSSR count). The summed E-state index contributed by atoms with van der Waals surface area (Å²) in [4.78, 5) is 15.4. The van der Waals surface area contributed by atoms with E-state index < -0.39 is 0 Å². The number of anilines is 1. The van der Waals surface area contributed by atoms with Crippen LogP contribution in [0.25, 0.3) is 11.2 Å². The molecule has 2 aromatic rings. The highest BCUT2D eigenvalue weighted by atomic mass is 35.5. The molecule has 2 atom stereocenters. The monoisotopic (exact) mass is 281 g/mol. The second-order valence-corrected chi connectivity index (χ2v) is 5.03. The number of imidazole rings is 1. The Balaban J connectivity index is 1.76. The predicted molar refractivity (Wildman–Crippen MR) is 73.3 cm³/mol. The van der Waals surface area contributed by atoms with E-state index in [0.29, 0.717) is 23.5 Å². The predicted octanol–water partition coefficient (Wildman–Crippen LogP) is 2.23. The van der Waals surface area contributed by atoms with Crippen LogP contribution in [0.1, 0.15) is 19.8 Å². The quantitative estimate of drug-likeness (QED) is 0.841. The van der Waals surface area contributed by atoms with Crippen molar-refractivity contribution < 1.29 is 4.74 Å². The molecular formula is C12H16ClN5O. The van der Waals surface area contributed by atoms with E-state index in [2.05, 4.69) is 32.2 Å². The Bertz CT molecular complexity index is 572. The SMILES string of the molecule is CCC1OCCC1CNc1nc(Cl)nc2nc[nH]c12. The maximum atomic E-state index is 5.89. The van der Waals surface area contributed by atoms with Crippen LogP contribution in [0.2, 0.25) is 5.28 Å². The van der Waals surface area contributed by atoms with Crippen LogP contribution >= 0.6 is 11.6 Å². The molecule has 102 valence electrons. The van der Waals surface area contributed by atoms with Crippen molar-refractivity contribution in [2.75, 3.05) is 18.5 Å². The lowest BCUT2D eigenvalue weighted by Crippen LogP contribution is -2.23. The first-order valence-corrected chi connectivity index (χ1v) is 6.87. The molecule has 0 aromatic carbocycles. The Morgan fingerprint density at radius 3 is 3.26 bits per heavy atom. The van der Waals surface area contributed by atoms with Gasteiger partial charge in [-0.05, 0) is 24.4 Å². The number of nitrogens with zero attached hydrogens (tertiary/aromatic N) is 3. The van der Waals surface area contributed by atoms with Gasteiger partial charge in [-0.15, -0.1) is 0 Å². The molecule has 0 bridgehead atoms. The summed E-state index contributed by atoms with van der Waals surface area (Å²) < 4.78 is 5.68. The van der Waals surface area contributed by atoms with Crippen LogP contribution in [0.3, 0.4) is 0 Å². The normalized spacial score (nSPS) is 23.1. The number of hydrogen-bond donors (Lipinski definition) is 2. The van der Waals surface area contributed by atoms with Crippen LogP contribution < -0.4 is 5.32 Å². The van der Waals surface area contributed by atoms with Gasteiger partial charge in [0.15, 0.2) is 11.5 Å². The fraction of sp³-hybridized carbons (Fsp3) is 0.583. The Hall–Kier alpha value is -1.40. The first kappa shape index (κ1) is 12.6. The minimum Gasteiger partial charge on any atom is -0.378 e. The summed E-state index contributed by atoms with van der Waals surface area (Å²) in [6.07, 6.45) is 4.04. The van der Waals surface area contributed by atoms with E-state index in [1.165, 1.54) is 0 Å². The number of rotatable bonds is 4. The van der Waals surface area contributed by atoms with Crippen molar-refractivity contribution in [3.05, 3.63) is 11.6 Å². The zero-order chi connectivity index (χ0) is 13.2. The Morgan fingerprint density at radius 2 is 2.42 bits per heavy atom. The first-order valence-electron chi connectivity index (χ1n) is 6.50. The van der Waals surface area contributed by atoms with Crippen LogP contribution in [-0.4, -0.2) is 39.2 Å². The Morgan fingerprint density at radius 1 is 1.53 bits per heavy atom. The van der Waals surface area contributed by atoms with Gasteiger partial charge in [0.1, 0.15) is 5.52 Å². The summed E-state index contributed by atoms with van der Waals surface area (Å²) in [5.74, 6) is 1.21. The lowest BCUT2D eigenvalue weighted by molar-refractivity contribution is 0.0900. The van der Waals surface area contributed by atoms with Crippen LogP contribution in [-0.2, 0) is 4.74 Å². The highest BCUT2D eigenvalue weighted by molar-refractivity contribution is 6.28. The molecule has 2 N–H and O–H groups in total.